The van der Waals surface area contributed by atoms with E-state index >= 15 is 0 Å². The minimum absolute atomic E-state index is 0.138. The van der Waals surface area contributed by atoms with E-state index in [0.29, 0.717) is 11.4 Å². The quantitative estimate of drug-likeness (QED) is 0.683. The largest absolute Gasteiger partial charge is 0.325 e. The highest BCUT2D eigenvalue weighted by atomic mass is 32.2. The molecular formula is C22H22N2O3S. The maximum absolute atomic E-state index is 13.2. The summed E-state index contributed by atoms with van der Waals surface area (Å²) >= 11 is 0. The van der Waals surface area contributed by atoms with E-state index in [0.717, 1.165) is 15.4 Å². The number of hydrogen-bond acceptors (Lipinski definition) is 3. The SMILES string of the molecule is Cc1ccc(N(CC(=O)Nc2cccc(C)c2)S(=O)(=O)c2ccccc2)cc1. The van der Waals surface area contributed by atoms with Gasteiger partial charge in [0.2, 0.25) is 5.91 Å². The van der Waals surface area contributed by atoms with Gasteiger partial charge in [-0.25, -0.2) is 8.42 Å². The Morgan fingerprint density at radius 1 is 0.857 bits per heavy atom. The molecule has 0 aromatic heterocycles. The van der Waals surface area contributed by atoms with Crippen molar-refractivity contribution in [2.45, 2.75) is 18.7 Å². The third-order valence-electron chi connectivity index (χ3n) is 4.24. The Balaban J connectivity index is 1.92. The summed E-state index contributed by atoms with van der Waals surface area (Å²) in [5, 5.41) is 2.77. The van der Waals surface area contributed by atoms with Gasteiger partial charge in [-0.3, -0.25) is 9.10 Å². The minimum atomic E-state index is -3.89. The minimum Gasteiger partial charge on any atom is -0.325 e. The van der Waals surface area contributed by atoms with Crippen LogP contribution < -0.4 is 9.62 Å². The molecule has 0 aliphatic rings. The molecule has 5 nitrogen and oxygen atoms in total. The first-order valence-corrected chi connectivity index (χ1v) is 10.3. The summed E-state index contributed by atoms with van der Waals surface area (Å²) in [6.07, 6.45) is 0. The smallest absolute Gasteiger partial charge is 0.264 e. The Labute approximate surface area is 165 Å². The van der Waals surface area contributed by atoms with Gasteiger partial charge in [0.1, 0.15) is 6.54 Å². The van der Waals surface area contributed by atoms with Crippen LogP contribution in [0.25, 0.3) is 0 Å². The van der Waals surface area contributed by atoms with Crippen molar-refractivity contribution in [3.63, 3.8) is 0 Å². The van der Waals surface area contributed by atoms with E-state index in [4.69, 9.17) is 0 Å². The average Bonchev–Trinajstić information content (AvgIpc) is 2.67. The number of nitrogens with one attached hydrogen (secondary N) is 1. The molecule has 1 N–H and O–H groups in total. The third kappa shape index (κ3) is 4.58. The van der Waals surface area contributed by atoms with Gasteiger partial charge in [0, 0.05) is 5.69 Å². The van der Waals surface area contributed by atoms with Gasteiger partial charge in [0.25, 0.3) is 10.0 Å². The van der Waals surface area contributed by atoms with E-state index in [-0.39, 0.29) is 11.4 Å². The number of anilines is 2. The number of aryl methyl sites for hydroxylation is 2. The first-order valence-electron chi connectivity index (χ1n) is 8.87. The molecule has 0 fully saturated rings. The Morgan fingerprint density at radius 2 is 1.54 bits per heavy atom. The lowest BCUT2D eigenvalue weighted by Gasteiger charge is -2.24. The summed E-state index contributed by atoms with van der Waals surface area (Å²) in [6, 6.07) is 22.5. The number of nitrogens with zero attached hydrogens (tertiary/aromatic N) is 1. The van der Waals surface area contributed by atoms with Crippen LogP contribution in [-0.2, 0) is 14.8 Å². The van der Waals surface area contributed by atoms with Gasteiger partial charge in [-0.05, 0) is 55.8 Å². The topological polar surface area (TPSA) is 66.5 Å². The van der Waals surface area contributed by atoms with Crippen LogP contribution in [0.2, 0.25) is 0 Å². The van der Waals surface area contributed by atoms with E-state index in [1.165, 1.54) is 12.1 Å². The summed E-state index contributed by atoms with van der Waals surface area (Å²) in [4.78, 5) is 12.8. The third-order valence-corrected chi connectivity index (χ3v) is 6.03. The zero-order valence-electron chi connectivity index (χ0n) is 15.8. The first kappa shape index (κ1) is 19.6. The molecule has 0 unspecified atom stereocenters. The molecule has 144 valence electrons. The van der Waals surface area contributed by atoms with Crippen molar-refractivity contribution in [2.24, 2.45) is 0 Å². The highest BCUT2D eigenvalue weighted by Crippen LogP contribution is 2.24. The Bertz CT molecular complexity index is 1060. The molecule has 3 aromatic carbocycles. The standard InChI is InChI=1S/C22H22N2O3S/c1-17-11-13-20(14-12-17)24(28(26,27)21-9-4-3-5-10-21)16-22(25)23-19-8-6-7-18(2)15-19/h3-15H,16H2,1-2H3,(H,23,25). The van der Waals surface area contributed by atoms with Gasteiger partial charge in [-0.15, -0.1) is 0 Å². The van der Waals surface area contributed by atoms with Crippen LogP contribution in [0.15, 0.2) is 83.8 Å². The maximum Gasteiger partial charge on any atom is 0.264 e. The number of carbonyl (C=O) groups excluding carboxylic acids is 1. The van der Waals surface area contributed by atoms with Gasteiger partial charge in [-0.1, -0.05) is 48.0 Å². The molecule has 3 rings (SSSR count). The van der Waals surface area contributed by atoms with E-state index in [2.05, 4.69) is 5.32 Å². The summed E-state index contributed by atoms with van der Waals surface area (Å²) in [5.74, 6) is -0.411. The van der Waals surface area contributed by atoms with Crippen molar-refractivity contribution in [3.8, 4) is 0 Å². The van der Waals surface area contributed by atoms with Crippen molar-refractivity contribution < 1.29 is 13.2 Å². The molecule has 0 spiro atoms. The van der Waals surface area contributed by atoms with E-state index in [1.54, 1.807) is 36.4 Å². The average molecular weight is 394 g/mol. The summed E-state index contributed by atoms with van der Waals surface area (Å²) in [6.45, 7) is 3.52. The molecule has 0 aliphatic heterocycles. The van der Waals surface area contributed by atoms with Crippen LogP contribution >= 0.6 is 0 Å². The van der Waals surface area contributed by atoms with Crippen LogP contribution in [0.5, 0.6) is 0 Å². The molecule has 0 atom stereocenters. The Kier molecular flexibility index (Phi) is 5.80. The number of sulfonamides is 1. The normalized spacial score (nSPS) is 11.1. The fourth-order valence-electron chi connectivity index (χ4n) is 2.80. The van der Waals surface area contributed by atoms with E-state index in [1.807, 2.05) is 44.2 Å². The maximum atomic E-state index is 13.2. The van der Waals surface area contributed by atoms with Crippen LogP contribution in [0, 0.1) is 13.8 Å². The number of benzene rings is 3. The zero-order chi connectivity index (χ0) is 20.1. The molecule has 0 saturated heterocycles. The molecule has 0 heterocycles. The lowest BCUT2D eigenvalue weighted by Crippen LogP contribution is -2.38. The molecule has 1 amide bonds. The molecule has 0 saturated carbocycles. The first-order chi connectivity index (χ1) is 13.4. The lowest BCUT2D eigenvalue weighted by molar-refractivity contribution is -0.114. The van der Waals surface area contributed by atoms with E-state index < -0.39 is 15.9 Å². The van der Waals surface area contributed by atoms with Crippen molar-refractivity contribution in [2.75, 3.05) is 16.2 Å². The van der Waals surface area contributed by atoms with Gasteiger partial charge in [-0.2, -0.15) is 0 Å². The monoisotopic (exact) mass is 394 g/mol. The predicted molar refractivity (Wildman–Crippen MR) is 112 cm³/mol. The van der Waals surface area contributed by atoms with Crippen molar-refractivity contribution >= 4 is 27.3 Å². The molecule has 28 heavy (non-hydrogen) atoms. The number of carbonyl (C=O) groups is 1. The summed E-state index contributed by atoms with van der Waals surface area (Å²) < 4.78 is 27.5. The number of hydrogen-bond donors (Lipinski definition) is 1. The summed E-state index contributed by atoms with van der Waals surface area (Å²) in [7, 11) is -3.89. The van der Waals surface area contributed by atoms with Crippen LogP contribution in [0.4, 0.5) is 11.4 Å². The zero-order valence-corrected chi connectivity index (χ0v) is 16.6. The molecule has 6 heteroatoms. The highest BCUT2D eigenvalue weighted by molar-refractivity contribution is 7.92. The van der Waals surface area contributed by atoms with E-state index in [9.17, 15) is 13.2 Å². The molecule has 0 aliphatic carbocycles. The van der Waals surface area contributed by atoms with Gasteiger partial charge in [0.15, 0.2) is 0 Å². The second-order valence-electron chi connectivity index (χ2n) is 6.58. The predicted octanol–water partition coefficient (Wildman–Crippen LogP) is 4.14. The number of rotatable bonds is 6. The Hall–Kier alpha value is -3.12. The van der Waals surface area contributed by atoms with Gasteiger partial charge < -0.3 is 5.32 Å². The van der Waals surface area contributed by atoms with Crippen LogP contribution in [0.1, 0.15) is 11.1 Å². The summed E-state index contributed by atoms with van der Waals surface area (Å²) in [5.41, 5.74) is 3.08. The lowest BCUT2D eigenvalue weighted by atomic mass is 10.2. The molecule has 3 aromatic rings. The van der Waals surface area contributed by atoms with Gasteiger partial charge in [0.05, 0.1) is 10.6 Å². The van der Waals surface area contributed by atoms with Crippen molar-refractivity contribution in [1.82, 2.24) is 0 Å². The molecule has 0 radical (unpaired) electrons. The fourth-order valence-corrected chi connectivity index (χ4v) is 4.24. The van der Waals surface area contributed by atoms with Crippen molar-refractivity contribution in [1.29, 1.82) is 0 Å². The van der Waals surface area contributed by atoms with Gasteiger partial charge >= 0.3 is 0 Å². The highest BCUT2D eigenvalue weighted by Gasteiger charge is 2.27. The molecular weight excluding hydrogens is 372 g/mol. The van der Waals surface area contributed by atoms with Crippen molar-refractivity contribution in [3.05, 3.63) is 90.0 Å². The fraction of sp³-hybridized carbons (Fsp3) is 0.136. The number of amides is 1. The van der Waals surface area contributed by atoms with Crippen LogP contribution in [-0.4, -0.2) is 20.9 Å². The second kappa shape index (κ2) is 8.27. The molecule has 0 bridgehead atoms. The van der Waals surface area contributed by atoms with Crippen LogP contribution in [0.3, 0.4) is 0 Å². The second-order valence-corrected chi connectivity index (χ2v) is 8.44. The Morgan fingerprint density at radius 3 is 2.18 bits per heavy atom.